The summed E-state index contributed by atoms with van der Waals surface area (Å²) >= 11 is 0. The van der Waals surface area contributed by atoms with Gasteiger partial charge in [-0.15, -0.1) is 5.10 Å². The third kappa shape index (κ3) is 4.07. The number of carbonyl (C=O) groups is 2. The first-order valence-corrected chi connectivity index (χ1v) is 8.83. The summed E-state index contributed by atoms with van der Waals surface area (Å²) in [6.07, 6.45) is 2.57. The zero-order chi connectivity index (χ0) is 19.4. The summed E-state index contributed by atoms with van der Waals surface area (Å²) in [5.74, 6) is -1.73. The number of hydrogen-bond acceptors (Lipinski definition) is 5. The van der Waals surface area contributed by atoms with Gasteiger partial charge in [-0.3, -0.25) is 0 Å². The Labute approximate surface area is 156 Å². The number of allylic oxidation sites excluding steroid dienone is 1. The summed E-state index contributed by atoms with van der Waals surface area (Å²) in [7, 11) is 1.29. The van der Waals surface area contributed by atoms with Crippen molar-refractivity contribution in [2.75, 3.05) is 7.11 Å². The van der Waals surface area contributed by atoms with Crippen LogP contribution in [-0.2, 0) is 14.3 Å². The quantitative estimate of drug-likeness (QED) is 0.747. The fourth-order valence-electron chi connectivity index (χ4n) is 3.18. The maximum atomic E-state index is 13.8. The molecule has 7 heteroatoms. The Hall–Kier alpha value is -2.96. The molecule has 27 heavy (non-hydrogen) atoms. The van der Waals surface area contributed by atoms with Crippen LogP contribution < -0.4 is 0 Å². The van der Waals surface area contributed by atoms with Gasteiger partial charge in [0.1, 0.15) is 5.76 Å². The Balaban J connectivity index is 1.89. The highest BCUT2D eigenvalue weighted by molar-refractivity contribution is 5.92. The topological polar surface area (TPSA) is 70.4 Å². The van der Waals surface area contributed by atoms with Crippen molar-refractivity contribution in [3.63, 3.8) is 0 Å². The average Bonchev–Trinajstić information content (AvgIpc) is 3.09. The van der Waals surface area contributed by atoms with E-state index in [0.717, 1.165) is 24.5 Å². The second-order valence-electron chi connectivity index (χ2n) is 6.37. The molecule has 0 N–H and O–H groups in total. The summed E-state index contributed by atoms with van der Waals surface area (Å²) in [4.78, 5) is 24.6. The largest absolute Gasteiger partial charge is 0.466 e. The number of halogens is 1. The lowest BCUT2D eigenvalue weighted by molar-refractivity contribution is -0.136. The maximum absolute atomic E-state index is 13.8. The van der Waals surface area contributed by atoms with E-state index in [2.05, 4.69) is 5.10 Å². The molecule has 2 aromatic rings. The molecule has 0 bridgehead atoms. The predicted molar refractivity (Wildman–Crippen MR) is 95.4 cm³/mol. The molecule has 1 aromatic carbocycles. The van der Waals surface area contributed by atoms with Crippen molar-refractivity contribution >= 4 is 11.9 Å². The lowest BCUT2D eigenvalue weighted by Gasteiger charge is -2.19. The van der Waals surface area contributed by atoms with Crippen LogP contribution in [-0.4, -0.2) is 28.8 Å². The Morgan fingerprint density at radius 2 is 1.85 bits per heavy atom. The van der Waals surface area contributed by atoms with Crippen molar-refractivity contribution in [3.8, 4) is 0 Å². The highest BCUT2D eigenvalue weighted by Gasteiger charge is 2.27. The minimum atomic E-state index is -0.768. The molecule has 1 aromatic heterocycles. The van der Waals surface area contributed by atoms with E-state index in [0.29, 0.717) is 24.2 Å². The molecule has 0 spiro atoms. The Bertz CT molecular complexity index is 873. The summed E-state index contributed by atoms with van der Waals surface area (Å²) in [5, 5.41) is 3.81. The third-order valence-electron chi connectivity index (χ3n) is 4.63. The Morgan fingerprint density at radius 1 is 1.15 bits per heavy atom. The third-order valence-corrected chi connectivity index (χ3v) is 4.63. The zero-order valence-electron chi connectivity index (χ0n) is 15.3. The number of methoxy groups -OCH3 is 1. The van der Waals surface area contributed by atoms with Crippen molar-refractivity contribution in [1.29, 1.82) is 0 Å². The SMILES string of the molecule is COC(=O)C1=C(OC(=O)c2cc(F)nn2[C@H](C)c2ccccc2)CCCC1. The number of ether oxygens (including phenoxy) is 2. The molecule has 1 aliphatic carbocycles. The second-order valence-corrected chi connectivity index (χ2v) is 6.37. The van der Waals surface area contributed by atoms with Crippen LogP contribution >= 0.6 is 0 Å². The summed E-state index contributed by atoms with van der Waals surface area (Å²) in [6, 6.07) is 10.0. The van der Waals surface area contributed by atoms with Crippen molar-refractivity contribution in [1.82, 2.24) is 9.78 Å². The molecule has 1 heterocycles. The second kappa shape index (κ2) is 8.16. The number of benzene rings is 1. The van der Waals surface area contributed by atoms with Crippen LogP contribution in [0.25, 0.3) is 0 Å². The minimum Gasteiger partial charge on any atom is -0.466 e. The first-order chi connectivity index (χ1) is 13.0. The maximum Gasteiger partial charge on any atom is 0.361 e. The number of aromatic nitrogens is 2. The van der Waals surface area contributed by atoms with Crippen molar-refractivity contribution < 1.29 is 23.5 Å². The number of rotatable bonds is 5. The number of hydrogen-bond donors (Lipinski definition) is 0. The minimum absolute atomic E-state index is 0.00820. The Morgan fingerprint density at radius 3 is 2.56 bits per heavy atom. The van der Waals surface area contributed by atoms with E-state index < -0.39 is 17.9 Å². The van der Waals surface area contributed by atoms with Gasteiger partial charge in [0.25, 0.3) is 0 Å². The van der Waals surface area contributed by atoms with E-state index >= 15 is 0 Å². The van der Waals surface area contributed by atoms with Crippen LogP contribution in [0.5, 0.6) is 0 Å². The van der Waals surface area contributed by atoms with Gasteiger partial charge in [0, 0.05) is 12.5 Å². The molecule has 0 saturated heterocycles. The van der Waals surface area contributed by atoms with E-state index in [1.54, 1.807) is 0 Å². The molecule has 3 rings (SSSR count). The molecule has 0 saturated carbocycles. The van der Waals surface area contributed by atoms with Gasteiger partial charge >= 0.3 is 11.9 Å². The van der Waals surface area contributed by atoms with Crippen LogP contribution in [0.15, 0.2) is 47.7 Å². The molecular weight excluding hydrogens is 351 g/mol. The summed E-state index contributed by atoms with van der Waals surface area (Å²) < 4.78 is 25.4. The van der Waals surface area contributed by atoms with Gasteiger partial charge in [-0.1, -0.05) is 30.3 Å². The molecule has 0 fully saturated rings. The van der Waals surface area contributed by atoms with Gasteiger partial charge in [0.05, 0.1) is 18.7 Å². The van der Waals surface area contributed by atoms with Gasteiger partial charge in [0.15, 0.2) is 5.69 Å². The van der Waals surface area contributed by atoms with Crippen LogP contribution in [0.2, 0.25) is 0 Å². The van der Waals surface area contributed by atoms with Gasteiger partial charge in [-0.25, -0.2) is 14.3 Å². The molecule has 1 atom stereocenters. The van der Waals surface area contributed by atoms with E-state index in [1.807, 2.05) is 37.3 Å². The standard InChI is InChI=1S/C20H21FN2O4/c1-13(14-8-4-3-5-9-14)23-16(12-18(21)22-23)20(25)27-17-11-7-6-10-15(17)19(24)26-2/h3-5,8-9,12-13H,6-7,10-11H2,1-2H3/t13-/m1/s1. The summed E-state index contributed by atoms with van der Waals surface area (Å²) in [5.41, 5.74) is 1.23. The molecule has 0 radical (unpaired) electrons. The molecule has 6 nitrogen and oxygen atoms in total. The zero-order valence-corrected chi connectivity index (χ0v) is 15.3. The first kappa shape index (κ1) is 18.8. The van der Waals surface area contributed by atoms with Gasteiger partial charge in [-0.05, 0) is 31.7 Å². The molecule has 0 aliphatic heterocycles. The van der Waals surface area contributed by atoms with Gasteiger partial charge in [-0.2, -0.15) is 4.39 Å². The highest BCUT2D eigenvalue weighted by atomic mass is 19.1. The number of nitrogens with zero attached hydrogens (tertiary/aromatic N) is 2. The molecule has 142 valence electrons. The van der Waals surface area contributed by atoms with Crippen LogP contribution in [0.1, 0.15) is 54.7 Å². The van der Waals surface area contributed by atoms with Crippen molar-refractivity contribution in [2.45, 2.75) is 38.6 Å². The molecular formula is C20H21FN2O4. The molecule has 1 aliphatic rings. The van der Waals surface area contributed by atoms with E-state index in [-0.39, 0.29) is 11.7 Å². The lowest BCUT2D eigenvalue weighted by atomic mass is 9.98. The van der Waals surface area contributed by atoms with E-state index in [4.69, 9.17) is 9.47 Å². The average molecular weight is 372 g/mol. The highest BCUT2D eigenvalue weighted by Crippen LogP contribution is 2.28. The van der Waals surface area contributed by atoms with E-state index in [1.165, 1.54) is 11.8 Å². The van der Waals surface area contributed by atoms with Crippen LogP contribution in [0, 0.1) is 5.95 Å². The van der Waals surface area contributed by atoms with Crippen molar-refractivity contribution in [3.05, 3.63) is 64.9 Å². The van der Waals surface area contributed by atoms with Gasteiger partial charge < -0.3 is 9.47 Å². The fraction of sp³-hybridized carbons (Fsp3) is 0.350. The molecule has 0 unspecified atom stereocenters. The fourth-order valence-corrected chi connectivity index (χ4v) is 3.18. The normalized spacial score (nSPS) is 15.4. The lowest BCUT2D eigenvalue weighted by Crippen LogP contribution is -2.20. The predicted octanol–water partition coefficient (Wildman–Crippen LogP) is 3.79. The van der Waals surface area contributed by atoms with Crippen molar-refractivity contribution in [2.24, 2.45) is 0 Å². The van der Waals surface area contributed by atoms with Gasteiger partial charge in [0.2, 0.25) is 5.95 Å². The smallest absolute Gasteiger partial charge is 0.361 e. The van der Waals surface area contributed by atoms with Crippen LogP contribution in [0.4, 0.5) is 4.39 Å². The van der Waals surface area contributed by atoms with Crippen LogP contribution in [0.3, 0.4) is 0 Å². The monoisotopic (exact) mass is 372 g/mol. The number of esters is 2. The van der Waals surface area contributed by atoms with E-state index in [9.17, 15) is 14.0 Å². The summed E-state index contributed by atoms with van der Waals surface area (Å²) in [6.45, 7) is 1.82. The molecule has 0 amide bonds. The Kier molecular flexibility index (Phi) is 5.69. The first-order valence-electron chi connectivity index (χ1n) is 8.83. The number of carbonyl (C=O) groups excluding carboxylic acids is 2.